The summed E-state index contributed by atoms with van der Waals surface area (Å²) < 4.78 is 5.16. The highest BCUT2D eigenvalue weighted by Gasteiger charge is 2.26. The number of carbonyl (C=O) groups excluding carboxylic acids is 2. The summed E-state index contributed by atoms with van der Waals surface area (Å²) in [5, 5.41) is 9.86. The molecule has 0 bridgehead atoms. The van der Waals surface area contributed by atoms with Crippen LogP contribution in [0.3, 0.4) is 0 Å². The van der Waals surface area contributed by atoms with Crippen molar-refractivity contribution in [3.63, 3.8) is 0 Å². The molecule has 2 aromatic rings. The van der Waals surface area contributed by atoms with Gasteiger partial charge < -0.3 is 9.84 Å². The number of hydrogen-bond acceptors (Lipinski definition) is 5. The number of nitrogens with zero attached hydrogens (tertiary/aromatic N) is 2. The molecular weight excluding hydrogens is 324 g/mol. The van der Waals surface area contributed by atoms with Crippen LogP contribution in [-0.2, 0) is 9.53 Å². The van der Waals surface area contributed by atoms with Crippen molar-refractivity contribution in [1.82, 2.24) is 9.88 Å². The lowest BCUT2D eigenvalue weighted by molar-refractivity contribution is -0.138. The van der Waals surface area contributed by atoms with Gasteiger partial charge in [-0.2, -0.15) is 0 Å². The smallest absolute Gasteiger partial charge is 0.411 e. The maximum Gasteiger partial charge on any atom is 0.411 e. The second-order valence-corrected chi connectivity index (χ2v) is 6.54. The zero-order chi connectivity index (χ0) is 18.6. The largest absolute Gasteiger partial charge is 0.480 e. The van der Waals surface area contributed by atoms with Gasteiger partial charge in [-0.3, -0.25) is 14.5 Å². The Balaban J connectivity index is 2.19. The van der Waals surface area contributed by atoms with E-state index in [0.29, 0.717) is 5.52 Å². The van der Waals surface area contributed by atoms with Gasteiger partial charge in [0.2, 0.25) is 5.78 Å². The summed E-state index contributed by atoms with van der Waals surface area (Å²) >= 11 is 0. The van der Waals surface area contributed by atoms with E-state index in [1.165, 1.54) is 0 Å². The van der Waals surface area contributed by atoms with Crippen molar-refractivity contribution in [2.24, 2.45) is 0 Å². The van der Waals surface area contributed by atoms with Gasteiger partial charge in [-0.15, -0.1) is 0 Å². The second kappa shape index (κ2) is 7.29. The Morgan fingerprint density at radius 3 is 2.40 bits per heavy atom. The normalized spacial score (nSPS) is 11.2. The van der Waals surface area contributed by atoms with E-state index < -0.39 is 36.5 Å². The number of aliphatic carboxylic acids is 1. The number of hydrogen-bond donors (Lipinski definition) is 1. The molecule has 0 spiro atoms. The van der Waals surface area contributed by atoms with Crippen molar-refractivity contribution < 1.29 is 24.2 Å². The topological polar surface area (TPSA) is 96.8 Å². The summed E-state index contributed by atoms with van der Waals surface area (Å²) in [6.07, 6.45) is -0.857. The number of ketones is 1. The first-order valence-corrected chi connectivity index (χ1v) is 7.74. The summed E-state index contributed by atoms with van der Waals surface area (Å²) in [7, 11) is 0. The van der Waals surface area contributed by atoms with Gasteiger partial charge >= 0.3 is 12.1 Å². The number of carboxylic acid groups (broad SMARTS) is 1. The molecule has 0 atom stereocenters. The minimum absolute atomic E-state index is 0.164. The fraction of sp³-hybridized carbons (Fsp3) is 0.333. The lowest BCUT2D eigenvalue weighted by Crippen LogP contribution is -2.42. The van der Waals surface area contributed by atoms with Crippen molar-refractivity contribution in [2.45, 2.75) is 26.4 Å². The van der Waals surface area contributed by atoms with Crippen LogP contribution in [0, 0.1) is 0 Å². The van der Waals surface area contributed by atoms with Gasteiger partial charge in [-0.25, -0.2) is 9.78 Å². The fourth-order valence-corrected chi connectivity index (χ4v) is 2.15. The van der Waals surface area contributed by atoms with E-state index in [1.54, 1.807) is 45.0 Å². The number of aromatic nitrogens is 1. The van der Waals surface area contributed by atoms with Crippen molar-refractivity contribution >= 4 is 28.7 Å². The Kier molecular flexibility index (Phi) is 5.36. The number of ether oxygens (including phenoxy) is 1. The summed E-state index contributed by atoms with van der Waals surface area (Å²) in [6.45, 7) is 3.93. The lowest BCUT2D eigenvalue weighted by atomic mass is 10.1. The van der Waals surface area contributed by atoms with E-state index in [0.717, 1.165) is 10.3 Å². The average molecular weight is 344 g/mol. The van der Waals surface area contributed by atoms with Gasteiger partial charge in [0.1, 0.15) is 17.8 Å². The average Bonchev–Trinajstić information content (AvgIpc) is 2.51. The van der Waals surface area contributed by atoms with Crippen LogP contribution >= 0.6 is 0 Å². The third-order valence-corrected chi connectivity index (χ3v) is 3.20. The van der Waals surface area contributed by atoms with Crippen molar-refractivity contribution in [3.05, 3.63) is 42.1 Å². The van der Waals surface area contributed by atoms with Crippen LogP contribution in [0.15, 0.2) is 36.4 Å². The van der Waals surface area contributed by atoms with Gasteiger partial charge in [0.15, 0.2) is 0 Å². The van der Waals surface area contributed by atoms with Gasteiger partial charge in [0, 0.05) is 5.39 Å². The minimum Gasteiger partial charge on any atom is -0.480 e. The molecule has 7 nitrogen and oxygen atoms in total. The highest BCUT2D eigenvalue weighted by atomic mass is 16.6. The Morgan fingerprint density at radius 1 is 1.08 bits per heavy atom. The van der Waals surface area contributed by atoms with E-state index in [4.69, 9.17) is 9.84 Å². The molecule has 0 fully saturated rings. The standard InChI is InChI=1S/C18H20N2O5/c1-18(2,3)25-17(24)20(11-16(22)23)10-15(21)14-9-8-12-6-4-5-7-13(12)19-14/h4-9H,10-11H2,1-3H3,(H,22,23). The molecule has 0 saturated carbocycles. The van der Waals surface area contributed by atoms with Crippen molar-refractivity contribution in [2.75, 3.05) is 13.1 Å². The number of benzene rings is 1. The quantitative estimate of drug-likeness (QED) is 0.838. The maximum atomic E-state index is 12.4. The molecule has 25 heavy (non-hydrogen) atoms. The molecule has 1 N–H and O–H groups in total. The summed E-state index contributed by atoms with van der Waals surface area (Å²) in [4.78, 5) is 40.7. The molecule has 0 aliphatic rings. The van der Waals surface area contributed by atoms with Crippen LogP contribution in [0.5, 0.6) is 0 Å². The monoisotopic (exact) mass is 344 g/mol. The zero-order valence-electron chi connectivity index (χ0n) is 14.4. The summed E-state index contributed by atoms with van der Waals surface area (Å²) in [5.41, 5.74) is 0.0194. The molecule has 7 heteroatoms. The first-order chi connectivity index (χ1) is 11.7. The number of amides is 1. The first kappa shape index (κ1) is 18.4. The Morgan fingerprint density at radius 2 is 1.76 bits per heavy atom. The number of pyridine rings is 1. The highest BCUT2D eigenvalue weighted by Crippen LogP contribution is 2.14. The Bertz CT molecular complexity index is 810. The fourth-order valence-electron chi connectivity index (χ4n) is 2.15. The molecule has 1 aromatic heterocycles. The molecule has 1 amide bonds. The molecule has 0 radical (unpaired) electrons. The summed E-state index contributed by atoms with van der Waals surface area (Å²) in [5.74, 6) is -1.69. The molecule has 2 rings (SSSR count). The lowest BCUT2D eigenvalue weighted by Gasteiger charge is -2.25. The molecule has 0 aliphatic heterocycles. The number of carboxylic acids is 1. The van der Waals surface area contributed by atoms with Gasteiger partial charge in [0.25, 0.3) is 0 Å². The van der Waals surface area contributed by atoms with E-state index in [1.807, 2.05) is 12.1 Å². The predicted octanol–water partition coefficient (Wildman–Crippen LogP) is 2.74. The van der Waals surface area contributed by atoms with Crippen LogP contribution in [-0.4, -0.2) is 51.5 Å². The predicted molar refractivity (Wildman–Crippen MR) is 91.5 cm³/mol. The number of rotatable bonds is 5. The third-order valence-electron chi connectivity index (χ3n) is 3.20. The molecule has 1 aromatic carbocycles. The molecule has 132 valence electrons. The molecule has 0 unspecified atom stereocenters. The van der Waals surface area contributed by atoms with Crippen LogP contribution in [0.1, 0.15) is 31.3 Å². The molecular formula is C18H20N2O5. The SMILES string of the molecule is CC(C)(C)OC(=O)N(CC(=O)O)CC(=O)c1ccc2ccccc2n1. The Labute approximate surface area is 145 Å². The van der Waals surface area contributed by atoms with Crippen LogP contribution in [0.25, 0.3) is 10.9 Å². The van der Waals surface area contributed by atoms with Crippen LogP contribution < -0.4 is 0 Å². The Hall–Kier alpha value is -2.96. The number of carbonyl (C=O) groups is 3. The van der Waals surface area contributed by atoms with Gasteiger partial charge in [-0.1, -0.05) is 24.3 Å². The zero-order valence-corrected chi connectivity index (χ0v) is 14.4. The van der Waals surface area contributed by atoms with Crippen molar-refractivity contribution in [3.8, 4) is 0 Å². The highest BCUT2D eigenvalue weighted by molar-refractivity contribution is 5.99. The van der Waals surface area contributed by atoms with Crippen LogP contribution in [0.4, 0.5) is 4.79 Å². The van der Waals surface area contributed by atoms with Gasteiger partial charge in [-0.05, 0) is 32.9 Å². The van der Waals surface area contributed by atoms with Crippen molar-refractivity contribution in [1.29, 1.82) is 0 Å². The second-order valence-electron chi connectivity index (χ2n) is 6.54. The van der Waals surface area contributed by atoms with Gasteiger partial charge in [0.05, 0.1) is 12.1 Å². The molecule has 0 saturated heterocycles. The van der Waals surface area contributed by atoms with Crippen LogP contribution in [0.2, 0.25) is 0 Å². The number of fused-ring (bicyclic) bond motifs is 1. The van der Waals surface area contributed by atoms with E-state index in [9.17, 15) is 14.4 Å². The third kappa shape index (κ3) is 5.27. The maximum absolute atomic E-state index is 12.4. The van der Waals surface area contributed by atoms with E-state index in [2.05, 4.69) is 4.98 Å². The molecule has 1 heterocycles. The number of Topliss-reactive ketones (excluding diaryl/α,β-unsaturated/α-hetero) is 1. The summed E-state index contributed by atoms with van der Waals surface area (Å²) in [6, 6.07) is 10.6. The number of para-hydroxylation sites is 1. The van der Waals surface area contributed by atoms with E-state index in [-0.39, 0.29) is 5.69 Å². The first-order valence-electron chi connectivity index (χ1n) is 7.74. The molecule has 0 aliphatic carbocycles. The van der Waals surface area contributed by atoms with E-state index >= 15 is 0 Å². The minimum atomic E-state index is -1.23.